The predicted octanol–water partition coefficient (Wildman–Crippen LogP) is 2.52. The zero-order valence-electron chi connectivity index (χ0n) is 15.6. The molecule has 4 aromatic rings. The van der Waals surface area contributed by atoms with Crippen LogP contribution in [0.1, 0.15) is 16.1 Å². The lowest BCUT2D eigenvalue weighted by molar-refractivity contribution is -0.115. The summed E-state index contributed by atoms with van der Waals surface area (Å²) in [6.45, 7) is 0.0395. The molecule has 2 amide bonds. The third-order valence-corrected chi connectivity index (χ3v) is 4.51. The molecule has 1 aromatic carbocycles. The predicted molar refractivity (Wildman–Crippen MR) is 104 cm³/mol. The summed E-state index contributed by atoms with van der Waals surface area (Å²) in [7, 11) is 1.75. The van der Waals surface area contributed by atoms with Gasteiger partial charge < -0.3 is 19.6 Å². The number of benzene rings is 1. The van der Waals surface area contributed by atoms with Crippen LogP contribution in [-0.2, 0) is 18.4 Å². The van der Waals surface area contributed by atoms with E-state index in [1.54, 1.807) is 54.4 Å². The van der Waals surface area contributed by atoms with Gasteiger partial charge in [0.05, 0.1) is 36.8 Å². The molecule has 29 heavy (non-hydrogen) atoms. The largest absolute Gasteiger partial charge is 0.463 e. The highest BCUT2D eigenvalue weighted by Crippen LogP contribution is 2.19. The number of hydrogen-bond acceptors (Lipinski definition) is 4. The Hall–Kier alpha value is -3.88. The van der Waals surface area contributed by atoms with Crippen molar-refractivity contribution in [3.63, 3.8) is 0 Å². The van der Waals surface area contributed by atoms with Crippen LogP contribution in [-0.4, -0.2) is 32.7 Å². The highest BCUT2D eigenvalue weighted by molar-refractivity contribution is 6.00. The van der Waals surface area contributed by atoms with E-state index < -0.39 is 5.91 Å². The van der Waals surface area contributed by atoms with Gasteiger partial charge in [-0.25, -0.2) is 4.39 Å². The fraction of sp³-hybridized carbons (Fsp3) is 0.150. The van der Waals surface area contributed by atoms with Crippen LogP contribution in [0.15, 0.2) is 59.5 Å². The maximum Gasteiger partial charge on any atom is 0.268 e. The number of hydrogen-bond donors (Lipinski definition) is 2. The fourth-order valence-corrected chi connectivity index (χ4v) is 3.04. The van der Waals surface area contributed by atoms with E-state index >= 15 is 0 Å². The van der Waals surface area contributed by atoms with Gasteiger partial charge in [-0.2, -0.15) is 5.10 Å². The number of fused-ring (bicyclic) bond motifs is 1. The van der Waals surface area contributed by atoms with Crippen molar-refractivity contribution in [2.24, 2.45) is 7.05 Å². The number of rotatable bonds is 6. The summed E-state index contributed by atoms with van der Waals surface area (Å²) in [5.41, 5.74) is 2.74. The van der Waals surface area contributed by atoms with Gasteiger partial charge in [0.2, 0.25) is 5.91 Å². The number of nitrogens with one attached hydrogen (secondary N) is 2. The number of furan rings is 1. The Morgan fingerprint density at radius 2 is 2.07 bits per heavy atom. The van der Waals surface area contributed by atoms with E-state index in [-0.39, 0.29) is 24.8 Å². The normalized spacial score (nSPS) is 11.0. The van der Waals surface area contributed by atoms with Gasteiger partial charge in [-0.05, 0) is 6.07 Å². The van der Waals surface area contributed by atoms with Crippen LogP contribution < -0.4 is 10.6 Å². The highest BCUT2D eigenvalue weighted by atomic mass is 19.1. The van der Waals surface area contributed by atoms with Crippen LogP contribution in [0.25, 0.3) is 11.1 Å². The SMILES string of the molecule is Cn1c(C(=O)NCC(=O)Nc2cnn(Cc3ccccc3F)c2)cc2occc21. The van der Waals surface area contributed by atoms with Crippen molar-refractivity contribution in [1.82, 2.24) is 19.7 Å². The molecule has 0 radical (unpaired) electrons. The number of anilines is 1. The molecule has 0 fully saturated rings. The summed E-state index contributed by atoms with van der Waals surface area (Å²) in [5.74, 6) is -1.10. The summed E-state index contributed by atoms with van der Waals surface area (Å²) in [4.78, 5) is 24.5. The van der Waals surface area contributed by atoms with Crippen molar-refractivity contribution in [2.75, 3.05) is 11.9 Å². The molecule has 0 saturated carbocycles. The summed E-state index contributed by atoms with van der Waals surface area (Å²) in [6.07, 6.45) is 4.61. The van der Waals surface area contributed by atoms with E-state index in [1.807, 2.05) is 0 Å². The van der Waals surface area contributed by atoms with Crippen LogP contribution in [0.4, 0.5) is 10.1 Å². The first-order valence-corrected chi connectivity index (χ1v) is 8.88. The lowest BCUT2D eigenvalue weighted by atomic mass is 10.2. The van der Waals surface area contributed by atoms with Crippen molar-refractivity contribution < 1.29 is 18.4 Å². The molecule has 3 aromatic heterocycles. The quantitative estimate of drug-likeness (QED) is 0.525. The Bertz CT molecular complexity index is 1190. The van der Waals surface area contributed by atoms with Gasteiger partial charge in [-0.3, -0.25) is 14.3 Å². The first-order chi connectivity index (χ1) is 14.0. The van der Waals surface area contributed by atoms with Gasteiger partial charge in [-0.1, -0.05) is 18.2 Å². The molecule has 0 atom stereocenters. The summed E-state index contributed by atoms with van der Waals surface area (Å²) >= 11 is 0. The third-order valence-electron chi connectivity index (χ3n) is 4.51. The molecular weight excluding hydrogens is 377 g/mol. The molecule has 4 rings (SSSR count). The Balaban J connectivity index is 1.32. The van der Waals surface area contributed by atoms with Crippen LogP contribution in [0.2, 0.25) is 0 Å². The van der Waals surface area contributed by atoms with Crippen LogP contribution in [0, 0.1) is 5.82 Å². The van der Waals surface area contributed by atoms with Gasteiger partial charge >= 0.3 is 0 Å². The molecule has 3 heterocycles. The van der Waals surface area contributed by atoms with Gasteiger partial charge in [-0.15, -0.1) is 0 Å². The van der Waals surface area contributed by atoms with E-state index in [2.05, 4.69) is 15.7 Å². The number of aromatic nitrogens is 3. The molecule has 0 aliphatic heterocycles. The minimum absolute atomic E-state index is 0.204. The van der Waals surface area contributed by atoms with Crippen LogP contribution >= 0.6 is 0 Å². The van der Waals surface area contributed by atoms with E-state index in [0.29, 0.717) is 22.5 Å². The van der Waals surface area contributed by atoms with Crippen molar-refractivity contribution >= 4 is 28.6 Å². The average Bonchev–Trinajstić information content (AvgIpc) is 3.40. The van der Waals surface area contributed by atoms with E-state index in [1.165, 1.54) is 16.9 Å². The zero-order chi connectivity index (χ0) is 20.4. The standard InChI is InChI=1S/C20H18FN5O3/c1-25-16-6-7-29-18(16)8-17(25)20(28)22-10-19(27)24-14-9-23-26(12-14)11-13-4-2-3-5-15(13)21/h2-9,12H,10-11H2,1H3,(H,22,28)(H,24,27). The topological polar surface area (TPSA) is 94.1 Å². The molecule has 0 spiro atoms. The fourth-order valence-electron chi connectivity index (χ4n) is 3.04. The molecule has 0 unspecified atom stereocenters. The average molecular weight is 395 g/mol. The highest BCUT2D eigenvalue weighted by Gasteiger charge is 2.16. The summed E-state index contributed by atoms with van der Waals surface area (Å²) in [5, 5.41) is 9.34. The number of aryl methyl sites for hydroxylation is 1. The molecular formula is C20H18FN5O3. The van der Waals surface area contributed by atoms with Crippen molar-refractivity contribution in [1.29, 1.82) is 0 Å². The second-order valence-corrected chi connectivity index (χ2v) is 6.51. The molecule has 0 aliphatic rings. The first kappa shape index (κ1) is 18.5. The lowest BCUT2D eigenvalue weighted by Gasteiger charge is -2.06. The van der Waals surface area contributed by atoms with E-state index in [0.717, 1.165) is 5.52 Å². The minimum Gasteiger partial charge on any atom is -0.463 e. The Morgan fingerprint density at radius 3 is 2.86 bits per heavy atom. The van der Waals surface area contributed by atoms with E-state index in [4.69, 9.17) is 4.42 Å². The Morgan fingerprint density at radius 1 is 1.24 bits per heavy atom. The monoisotopic (exact) mass is 395 g/mol. The van der Waals surface area contributed by atoms with Gasteiger partial charge in [0.1, 0.15) is 11.5 Å². The molecule has 0 bridgehead atoms. The summed E-state index contributed by atoms with van der Waals surface area (Å²) < 4.78 is 22.2. The molecule has 9 heteroatoms. The summed E-state index contributed by atoms with van der Waals surface area (Å²) in [6, 6.07) is 9.80. The molecule has 0 aliphatic carbocycles. The molecule has 0 saturated heterocycles. The number of nitrogens with zero attached hydrogens (tertiary/aromatic N) is 3. The van der Waals surface area contributed by atoms with Gasteiger partial charge in [0.25, 0.3) is 5.91 Å². The smallest absolute Gasteiger partial charge is 0.268 e. The van der Waals surface area contributed by atoms with Crippen molar-refractivity contribution in [2.45, 2.75) is 6.54 Å². The van der Waals surface area contributed by atoms with E-state index in [9.17, 15) is 14.0 Å². The zero-order valence-corrected chi connectivity index (χ0v) is 15.6. The maximum absolute atomic E-state index is 13.7. The molecule has 8 nitrogen and oxygen atoms in total. The molecule has 148 valence electrons. The van der Waals surface area contributed by atoms with Crippen LogP contribution in [0.3, 0.4) is 0 Å². The number of halogens is 1. The second kappa shape index (κ2) is 7.63. The lowest BCUT2D eigenvalue weighted by Crippen LogP contribution is -2.33. The Kier molecular flexibility index (Phi) is 4.86. The van der Waals surface area contributed by atoms with Crippen LogP contribution in [0.5, 0.6) is 0 Å². The van der Waals surface area contributed by atoms with Crippen molar-refractivity contribution in [3.8, 4) is 0 Å². The minimum atomic E-state index is -0.401. The molecule has 2 N–H and O–H groups in total. The third kappa shape index (κ3) is 3.88. The van der Waals surface area contributed by atoms with Gasteiger partial charge in [0, 0.05) is 30.9 Å². The maximum atomic E-state index is 13.7. The number of carbonyl (C=O) groups excluding carboxylic acids is 2. The van der Waals surface area contributed by atoms with Crippen molar-refractivity contribution in [3.05, 3.63) is 72.1 Å². The Labute approximate surface area is 164 Å². The number of carbonyl (C=O) groups is 2. The van der Waals surface area contributed by atoms with Gasteiger partial charge in [0.15, 0.2) is 5.58 Å². The first-order valence-electron chi connectivity index (χ1n) is 8.88. The second-order valence-electron chi connectivity index (χ2n) is 6.51. The number of amides is 2.